The van der Waals surface area contributed by atoms with Crippen LogP contribution in [-0.2, 0) is 14.3 Å². The first kappa shape index (κ1) is 15.0. The maximum absolute atomic E-state index is 10.6. The predicted octanol–water partition coefficient (Wildman–Crippen LogP) is 3.53. The van der Waals surface area contributed by atoms with Crippen molar-refractivity contribution >= 4 is 5.97 Å². The van der Waals surface area contributed by atoms with Crippen LogP contribution in [0.3, 0.4) is 0 Å². The van der Waals surface area contributed by atoms with Crippen LogP contribution in [-0.4, -0.2) is 24.0 Å². The number of carbonyl (C=O) groups is 1. The van der Waals surface area contributed by atoms with E-state index in [0.717, 1.165) is 31.4 Å². The second-order valence-corrected chi connectivity index (χ2v) is 5.12. The minimum absolute atomic E-state index is 0.0846. The Morgan fingerprint density at radius 1 is 1.35 bits per heavy atom. The van der Waals surface area contributed by atoms with Crippen LogP contribution in [0.15, 0.2) is 30.3 Å². The topological polar surface area (TPSA) is 55.8 Å². The zero-order chi connectivity index (χ0) is 14.2. The van der Waals surface area contributed by atoms with Gasteiger partial charge in [-0.15, -0.1) is 0 Å². The van der Waals surface area contributed by atoms with E-state index in [1.54, 1.807) is 0 Å². The molecule has 0 bridgehead atoms. The molecule has 4 heteroatoms. The largest absolute Gasteiger partial charge is 0.481 e. The first-order valence-electron chi connectivity index (χ1n) is 7.29. The van der Waals surface area contributed by atoms with Gasteiger partial charge < -0.3 is 14.6 Å². The normalized spacial score (nSPS) is 20.5. The molecule has 4 nitrogen and oxygen atoms in total. The summed E-state index contributed by atoms with van der Waals surface area (Å²) >= 11 is 0. The highest BCUT2D eigenvalue weighted by molar-refractivity contribution is 5.66. The molecule has 0 spiro atoms. The van der Waals surface area contributed by atoms with Gasteiger partial charge in [0.25, 0.3) is 0 Å². The Morgan fingerprint density at radius 3 is 2.80 bits per heavy atom. The Kier molecular flexibility index (Phi) is 6.02. The highest BCUT2D eigenvalue weighted by Crippen LogP contribution is 2.28. The summed E-state index contributed by atoms with van der Waals surface area (Å²) in [5, 5.41) is 8.75. The summed E-state index contributed by atoms with van der Waals surface area (Å²) in [6.45, 7) is 0.751. The van der Waals surface area contributed by atoms with E-state index >= 15 is 0 Å². The lowest BCUT2D eigenvalue weighted by Gasteiger charge is -2.28. The van der Waals surface area contributed by atoms with Gasteiger partial charge in [0.1, 0.15) is 0 Å². The third-order valence-corrected chi connectivity index (χ3v) is 3.48. The van der Waals surface area contributed by atoms with Crippen molar-refractivity contribution in [2.45, 2.75) is 50.9 Å². The summed E-state index contributed by atoms with van der Waals surface area (Å²) in [4.78, 5) is 10.6. The number of hydrogen-bond acceptors (Lipinski definition) is 3. The van der Waals surface area contributed by atoms with Crippen LogP contribution in [0, 0.1) is 0 Å². The summed E-state index contributed by atoms with van der Waals surface area (Å²) in [5.74, 6) is -0.759. The third-order valence-electron chi connectivity index (χ3n) is 3.48. The molecule has 0 saturated carbocycles. The molecule has 0 aromatic heterocycles. The number of aliphatic carboxylic acids is 1. The van der Waals surface area contributed by atoms with E-state index in [-0.39, 0.29) is 18.8 Å². The van der Waals surface area contributed by atoms with E-state index in [9.17, 15) is 4.79 Å². The van der Waals surface area contributed by atoms with Crippen molar-refractivity contribution in [1.29, 1.82) is 0 Å². The van der Waals surface area contributed by atoms with Crippen LogP contribution in [0.25, 0.3) is 0 Å². The highest BCUT2D eigenvalue weighted by atomic mass is 16.7. The summed E-state index contributed by atoms with van der Waals surface area (Å²) in [7, 11) is 0. The molecule has 1 aliphatic heterocycles. The van der Waals surface area contributed by atoms with Gasteiger partial charge in [-0.05, 0) is 37.7 Å². The van der Waals surface area contributed by atoms with Crippen molar-refractivity contribution in [1.82, 2.24) is 0 Å². The second kappa shape index (κ2) is 8.02. The maximum atomic E-state index is 10.6. The zero-order valence-corrected chi connectivity index (χ0v) is 11.7. The molecule has 2 rings (SSSR count). The lowest BCUT2D eigenvalue weighted by atomic mass is 10.0. The van der Waals surface area contributed by atoms with Crippen molar-refractivity contribution in [3.8, 4) is 0 Å². The van der Waals surface area contributed by atoms with E-state index in [1.807, 2.05) is 30.3 Å². The van der Waals surface area contributed by atoms with Crippen LogP contribution in [0.5, 0.6) is 0 Å². The lowest BCUT2D eigenvalue weighted by molar-refractivity contribution is -0.191. The van der Waals surface area contributed by atoms with Crippen LogP contribution in [0.1, 0.15) is 50.2 Å². The fourth-order valence-corrected chi connectivity index (χ4v) is 2.42. The molecule has 2 atom stereocenters. The highest BCUT2D eigenvalue weighted by Gasteiger charge is 2.21. The molecule has 1 heterocycles. The van der Waals surface area contributed by atoms with E-state index in [1.165, 1.54) is 0 Å². The number of ether oxygens (including phenoxy) is 2. The Bertz CT molecular complexity index is 398. The van der Waals surface area contributed by atoms with Crippen molar-refractivity contribution in [3.63, 3.8) is 0 Å². The van der Waals surface area contributed by atoms with Gasteiger partial charge in [-0.3, -0.25) is 4.79 Å². The fraction of sp³-hybridized carbons (Fsp3) is 0.562. The Hall–Kier alpha value is -1.39. The number of benzene rings is 1. The molecule has 20 heavy (non-hydrogen) atoms. The monoisotopic (exact) mass is 278 g/mol. The van der Waals surface area contributed by atoms with Crippen LogP contribution >= 0.6 is 0 Å². The van der Waals surface area contributed by atoms with Crippen LogP contribution in [0.4, 0.5) is 0 Å². The summed E-state index contributed by atoms with van der Waals surface area (Å²) < 4.78 is 11.7. The van der Waals surface area contributed by atoms with Crippen LogP contribution < -0.4 is 0 Å². The van der Waals surface area contributed by atoms with Crippen LogP contribution in [0.2, 0.25) is 0 Å². The molecule has 110 valence electrons. The first-order valence-corrected chi connectivity index (χ1v) is 7.29. The Balaban J connectivity index is 1.93. The molecule has 0 aliphatic carbocycles. The molecule has 0 radical (unpaired) electrons. The van der Waals surface area contributed by atoms with Crippen molar-refractivity contribution in [2.24, 2.45) is 0 Å². The molecule has 1 saturated heterocycles. The maximum Gasteiger partial charge on any atom is 0.303 e. The molecule has 1 N–H and O–H groups in total. The zero-order valence-electron chi connectivity index (χ0n) is 11.7. The van der Waals surface area contributed by atoms with Gasteiger partial charge >= 0.3 is 5.97 Å². The van der Waals surface area contributed by atoms with E-state index in [4.69, 9.17) is 14.6 Å². The SMILES string of the molecule is O=C(O)CCC[C@H](OC1CCCCO1)c1ccccc1. The van der Waals surface area contributed by atoms with Gasteiger partial charge in [-0.2, -0.15) is 0 Å². The number of hydrogen-bond donors (Lipinski definition) is 1. The smallest absolute Gasteiger partial charge is 0.303 e. The minimum atomic E-state index is -0.759. The van der Waals surface area contributed by atoms with E-state index in [0.29, 0.717) is 12.8 Å². The summed E-state index contributed by atoms with van der Waals surface area (Å²) in [6, 6.07) is 9.96. The minimum Gasteiger partial charge on any atom is -0.481 e. The first-order chi connectivity index (χ1) is 9.75. The van der Waals surface area contributed by atoms with Gasteiger partial charge in [0.2, 0.25) is 0 Å². The molecule has 1 fully saturated rings. The molecular formula is C16H22O4. The van der Waals surface area contributed by atoms with E-state index in [2.05, 4.69) is 0 Å². The Labute approximate surface area is 119 Å². The molecule has 1 aliphatic rings. The average Bonchev–Trinajstić information content (AvgIpc) is 2.48. The number of rotatable bonds is 7. The molecule has 1 aromatic carbocycles. The molecule has 1 unspecified atom stereocenters. The number of carboxylic acids is 1. The van der Waals surface area contributed by atoms with Crippen molar-refractivity contribution < 1.29 is 19.4 Å². The van der Waals surface area contributed by atoms with Gasteiger partial charge in [0, 0.05) is 13.0 Å². The fourth-order valence-electron chi connectivity index (χ4n) is 2.42. The summed E-state index contributed by atoms with van der Waals surface area (Å²) in [6.07, 6.45) is 4.39. The van der Waals surface area contributed by atoms with Crippen molar-refractivity contribution in [3.05, 3.63) is 35.9 Å². The number of carboxylic acid groups (broad SMARTS) is 1. The molecule has 0 amide bonds. The van der Waals surface area contributed by atoms with Gasteiger partial charge in [-0.25, -0.2) is 0 Å². The van der Waals surface area contributed by atoms with Gasteiger partial charge in [0.05, 0.1) is 6.10 Å². The van der Waals surface area contributed by atoms with Crippen molar-refractivity contribution in [2.75, 3.05) is 6.61 Å². The standard InChI is InChI=1S/C16H22O4/c17-15(18)10-6-9-14(13-7-2-1-3-8-13)20-16-11-4-5-12-19-16/h1-3,7-8,14,16H,4-6,9-12H2,(H,17,18)/t14-,16?/m0/s1. The second-order valence-electron chi connectivity index (χ2n) is 5.12. The molecule has 1 aromatic rings. The predicted molar refractivity (Wildman–Crippen MR) is 75.3 cm³/mol. The third kappa shape index (κ3) is 4.94. The van der Waals surface area contributed by atoms with E-state index < -0.39 is 5.97 Å². The lowest BCUT2D eigenvalue weighted by Crippen LogP contribution is -2.24. The van der Waals surface area contributed by atoms with Gasteiger partial charge in [0.15, 0.2) is 6.29 Å². The van der Waals surface area contributed by atoms with Gasteiger partial charge in [-0.1, -0.05) is 30.3 Å². The Morgan fingerprint density at radius 2 is 2.15 bits per heavy atom. The average molecular weight is 278 g/mol. The summed E-state index contributed by atoms with van der Waals surface area (Å²) in [5.41, 5.74) is 1.09. The quantitative estimate of drug-likeness (QED) is 0.829. The molecular weight excluding hydrogens is 256 g/mol.